The molecule has 0 aromatic heterocycles. The summed E-state index contributed by atoms with van der Waals surface area (Å²) >= 11 is 18.4. The summed E-state index contributed by atoms with van der Waals surface area (Å²) in [5.74, 6) is 0.201. The molecule has 1 N–H and O–H groups in total. The molecule has 2 atom stereocenters. The molecule has 0 spiro atoms. The summed E-state index contributed by atoms with van der Waals surface area (Å²) in [4.78, 5) is 12.5. The lowest BCUT2D eigenvalue weighted by molar-refractivity contribution is -0.125. The van der Waals surface area contributed by atoms with E-state index in [1.165, 1.54) is 0 Å². The van der Waals surface area contributed by atoms with Gasteiger partial charge in [-0.05, 0) is 54.8 Å². The number of benzene rings is 2. The van der Waals surface area contributed by atoms with Crippen LogP contribution < -0.4 is 5.32 Å². The standard InChI is InChI=1S/C19H18Cl3NO/c20-12-5-8-14(9-6-12)23-19(16-3-1-2-4-18(16)24)15-10-7-13(21)11-17(15)22/h5-11,16,19,23H,1-4H2/t16-,19+/m0/s1. The van der Waals surface area contributed by atoms with E-state index in [1.54, 1.807) is 6.07 Å². The Morgan fingerprint density at radius 3 is 2.33 bits per heavy atom. The molecule has 24 heavy (non-hydrogen) atoms. The van der Waals surface area contributed by atoms with Crippen molar-refractivity contribution in [2.75, 3.05) is 5.32 Å². The largest absolute Gasteiger partial charge is 0.377 e. The van der Waals surface area contributed by atoms with E-state index in [1.807, 2.05) is 36.4 Å². The predicted molar refractivity (Wildman–Crippen MR) is 101 cm³/mol. The maximum atomic E-state index is 12.5. The molecule has 0 radical (unpaired) electrons. The van der Waals surface area contributed by atoms with Crippen molar-refractivity contribution in [1.82, 2.24) is 0 Å². The summed E-state index contributed by atoms with van der Waals surface area (Å²) in [6, 6.07) is 12.7. The second kappa shape index (κ2) is 7.77. The van der Waals surface area contributed by atoms with Crippen LogP contribution in [0.2, 0.25) is 15.1 Å². The molecule has 0 bridgehead atoms. The maximum absolute atomic E-state index is 12.5. The van der Waals surface area contributed by atoms with Gasteiger partial charge in [-0.2, -0.15) is 0 Å². The smallest absolute Gasteiger partial charge is 0.138 e. The molecule has 1 aliphatic carbocycles. The number of carbonyl (C=O) groups excluding carboxylic acids is 1. The Bertz CT molecular complexity index is 730. The maximum Gasteiger partial charge on any atom is 0.138 e. The zero-order valence-corrected chi connectivity index (χ0v) is 15.3. The van der Waals surface area contributed by atoms with Gasteiger partial charge in [0, 0.05) is 33.1 Å². The van der Waals surface area contributed by atoms with Crippen molar-refractivity contribution in [2.24, 2.45) is 5.92 Å². The van der Waals surface area contributed by atoms with Crippen molar-refractivity contribution in [1.29, 1.82) is 0 Å². The number of hydrogen-bond donors (Lipinski definition) is 1. The van der Waals surface area contributed by atoms with Crippen LogP contribution in [0, 0.1) is 5.92 Å². The van der Waals surface area contributed by atoms with Gasteiger partial charge >= 0.3 is 0 Å². The highest BCUT2D eigenvalue weighted by Crippen LogP contribution is 2.38. The summed E-state index contributed by atoms with van der Waals surface area (Å²) in [6.07, 6.45) is 3.52. The highest BCUT2D eigenvalue weighted by molar-refractivity contribution is 6.35. The van der Waals surface area contributed by atoms with Gasteiger partial charge in [0.2, 0.25) is 0 Å². The van der Waals surface area contributed by atoms with Gasteiger partial charge in [-0.3, -0.25) is 4.79 Å². The van der Waals surface area contributed by atoms with Gasteiger partial charge in [0.25, 0.3) is 0 Å². The molecule has 0 saturated heterocycles. The van der Waals surface area contributed by atoms with Gasteiger partial charge in [-0.1, -0.05) is 47.3 Å². The van der Waals surface area contributed by atoms with Crippen LogP contribution in [0.1, 0.15) is 37.3 Å². The van der Waals surface area contributed by atoms with Gasteiger partial charge in [-0.25, -0.2) is 0 Å². The number of rotatable bonds is 4. The van der Waals surface area contributed by atoms with Gasteiger partial charge in [-0.15, -0.1) is 0 Å². The molecule has 0 unspecified atom stereocenters. The van der Waals surface area contributed by atoms with Crippen molar-refractivity contribution in [3.63, 3.8) is 0 Å². The molecule has 1 saturated carbocycles. The molecule has 3 rings (SSSR count). The minimum absolute atomic E-state index is 0.0897. The first-order chi connectivity index (χ1) is 11.5. The molecule has 1 aliphatic rings. The van der Waals surface area contributed by atoms with Crippen LogP contribution in [0.4, 0.5) is 5.69 Å². The van der Waals surface area contributed by atoms with Gasteiger partial charge in [0.1, 0.15) is 5.78 Å². The molecular formula is C19H18Cl3NO. The Kier molecular flexibility index (Phi) is 5.70. The third kappa shape index (κ3) is 4.05. The Morgan fingerprint density at radius 2 is 1.67 bits per heavy atom. The zero-order valence-electron chi connectivity index (χ0n) is 13.1. The second-order valence-electron chi connectivity index (χ2n) is 6.11. The average molecular weight is 383 g/mol. The first kappa shape index (κ1) is 17.6. The summed E-state index contributed by atoms with van der Waals surface area (Å²) in [5.41, 5.74) is 1.81. The van der Waals surface area contributed by atoms with Crippen molar-refractivity contribution in [3.8, 4) is 0 Å². The number of nitrogens with one attached hydrogen (secondary N) is 1. The fraction of sp³-hybridized carbons (Fsp3) is 0.316. The van der Waals surface area contributed by atoms with Gasteiger partial charge in [0.05, 0.1) is 6.04 Å². The van der Waals surface area contributed by atoms with E-state index in [2.05, 4.69) is 5.32 Å². The zero-order chi connectivity index (χ0) is 17.1. The molecule has 0 aliphatic heterocycles. The molecule has 2 aromatic rings. The third-order valence-corrected chi connectivity index (χ3v) is 5.28. The molecule has 1 fully saturated rings. The normalized spacial score (nSPS) is 19.1. The van der Waals surface area contributed by atoms with Crippen LogP contribution in [-0.2, 0) is 4.79 Å². The Labute approximate surface area is 157 Å². The fourth-order valence-electron chi connectivity index (χ4n) is 3.24. The lowest BCUT2D eigenvalue weighted by Crippen LogP contribution is -2.30. The monoisotopic (exact) mass is 381 g/mol. The van der Waals surface area contributed by atoms with E-state index in [4.69, 9.17) is 34.8 Å². The fourth-order valence-corrected chi connectivity index (χ4v) is 3.89. The van der Waals surface area contributed by atoms with E-state index in [9.17, 15) is 4.79 Å². The Hall–Kier alpha value is -1.22. The first-order valence-electron chi connectivity index (χ1n) is 8.04. The molecule has 2 aromatic carbocycles. The Balaban J connectivity index is 1.96. The van der Waals surface area contributed by atoms with E-state index < -0.39 is 0 Å². The van der Waals surface area contributed by atoms with E-state index >= 15 is 0 Å². The second-order valence-corrected chi connectivity index (χ2v) is 7.39. The van der Waals surface area contributed by atoms with Gasteiger partial charge in [0.15, 0.2) is 0 Å². The molecule has 5 heteroatoms. The molecule has 0 heterocycles. The number of hydrogen-bond acceptors (Lipinski definition) is 2. The van der Waals surface area contributed by atoms with Crippen LogP contribution >= 0.6 is 34.8 Å². The number of ketones is 1. The van der Waals surface area contributed by atoms with Crippen LogP contribution in [0.15, 0.2) is 42.5 Å². The lowest BCUT2D eigenvalue weighted by Gasteiger charge is -2.31. The predicted octanol–water partition coefficient (Wildman–Crippen LogP) is 6.56. The first-order valence-corrected chi connectivity index (χ1v) is 9.18. The SMILES string of the molecule is O=C1CCCC[C@@H]1[C@H](Nc1ccc(Cl)cc1)c1ccc(Cl)cc1Cl. The number of Topliss-reactive ketones (excluding diaryl/α,β-unsaturated/α-hetero) is 1. The van der Waals surface area contributed by atoms with E-state index in [0.717, 1.165) is 30.5 Å². The highest BCUT2D eigenvalue weighted by Gasteiger charge is 2.32. The summed E-state index contributed by atoms with van der Waals surface area (Å²) < 4.78 is 0. The molecule has 0 amide bonds. The third-order valence-electron chi connectivity index (χ3n) is 4.47. The number of halogens is 3. The van der Waals surface area contributed by atoms with Crippen LogP contribution in [-0.4, -0.2) is 5.78 Å². The van der Waals surface area contributed by atoms with Crippen molar-refractivity contribution in [2.45, 2.75) is 31.7 Å². The topological polar surface area (TPSA) is 29.1 Å². The average Bonchev–Trinajstić information content (AvgIpc) is 2.56. The summed E-state index contributed by atoms with van der Waals surface area (Å²) in [7, 11) is 0. The summed E-state index contributed by atoms with van der Waals surface area (Å²) in [6.45, 7) is 0. The minimum Gasteiger partial charge on any atom is -0.377 e. The molecular weight excluding hydrogens is 365 g/mol. The van der Waals surface area contributed by atoms with Crippen molar-refractivity contribution < 1.29 is 4.79 Å². The Morgan fingerprint density at radius 1 is 0.958 bits per heavy atom. The van der Waals surface area contributed by atoms with E-state index in [0.29, 0.717) is 27.3 Å². The number of carbonyl (C=O) groups is 1. The molecule has 2 nitrogen and oxygen atoms in total. The van der Waals surface area contributed by atoms with Crippen LogP contribution in [0.3, 0.4) is 0 Å². The van der Waals surface area contributed by atoms with Crippen molar-refractivity contribution in [3.05, 3.63) is 63.1 Å². The van der Waals surface area contributed by atoms with Crippen LogP contribution in [0.25, 0.3) is 0 Å². The van der Waals surface area contributed by atoms with Crippen LogP contribution in [0.5, 0.6) is 0 Å². The summed E-state index contributed by atoms with van der Waals surface area (Å²) in [5, 5.41) is 5.32. The quantitative estimate of drug-likeness (QED) is 0.648. The van der Waals surface area contributed by atoms with Gasteiger partial charge < -0.3 is 5.32 Å². The highest BCUT2D eigenvalue weighted by atomic mass is 35.5. The number of anilines is 1. The molecule has 126 valence electrons. The lowest BCUT2D eigenvalue weighted by atomic mass is 9.80. The van der Waals surface area contributed by atoms with E-state index in [-0.39, 0.29) is 12.0 Å². The minimum atomic E-state index is -0.177. The van der Waals surface area contributed by atoms with Crippen molar-refractivity contribution >= 4 is 46.3 Å².